The largest absolute Gasteiger partial charge is 0.497 e. The summed E-state index contributed by atoms with van der Waals surface area (Å²) in [5.74, 6) is 1.82. The fraction of sp³-hybridized carbons (Fsp3) is 0.250. The van der Waals surface area contributed by atoms with Crippen LogP contribution < -0.4 is 9.47 Å². The molecule has 174 valence electrons. The van der Waals surface area contributed by atoms with Crippen molar-refractivity contribution in [1.29, 1.82) is 0 Å². The Morgan fingerprint density at radius 1 is 0.382 bits per heavy atom. The van der Waals surface area contributed by atoms with Crippen LogP contribution in [0.1, 0.15) is 33.4 Å². The molecule has 0 heterocycles. The molecule has 0 aliphatic carbocycles. The topological polar surface area (TPSA) is 18.5 Å². The van der Waals surface area contributed by atoms with Crippen LogP contribution in [0.3, 0.4) is 0 Å². The quantitative estimate of drug-likeness (QED) is 0.243. The smallest absolute Gasteiger partial charge is 0.118 e. The zero-order valence-corrected chi connectivity index (χ0v) is 20.3. The van der Waals surface area contributed by atoms with E-state index in [2.05, 4.69) is 72.8 Å². The van der Waals surface area contributed by atoms with E-state index in [1.807, 2.05) is 24.3 Å². The average Bonchev–Trinajstić information content (AvgIpc) is 2.91. The molecule has 0 N–H and O–H groups in total. The molecule has 0 aliphatic heterocycles. The second-order valence-electron chi connectivity index (χ2n) is 8.73. The van der Waals surface area contributed by atoms with Crippen molar-refractivity contribution >= 4 is 0 Å². The fourth-order valence-electron chi connectivity index (χ4n) is 4.50. The minimum atomic E-state index is 0.912. The Kier molecular flexibility index (Phi) is 8.40. The van der Waals surface area contributed by atoms with Gasteiger partial charge in [0.25, 0.3) is 0 Å². The number of hydrogen-bond acceptors (Lipinski definition) is 2. The predicted molar refractivity (Wildman–Crippen MR) is 141 cm³/mol. The second-order valence-corrected chi connectivity index (χ2v) is 8.73. The Labute approximate surface area is 204 Å². The van der Waals surface area contributed by atoms with E-state index in [0.29, 0.717) is 0 Å². The van der Waals surface area contributed by atoms with E-state index in [0.717, 1.165) is 50.0 Å². The van der Waals surface area contributed by atoms with Gasteiger partial charge in [-0.05, 0) is 96.2 Å². The lowest BCUT2D eigenvalue weighted by Gasteiger charge is -2.13. The van der Waals surface area contributed by atoms with Crippen LogP contribution in [-0.2, 0) is 38.5 Å². The molecular formula is C32H34O2. The van der Waals surface area contributed by atoms with Crippen molar-refractivity contribution in [2.75, 3.05) is 14.2 Å². The number of benzene rings is 4. The molecule has 0 aromatic heterocycles. The summed E-state index contributed by atoms with van der Waals surface area (Å²) in [6.07, 6.45) is 6.33. The molecule has 0 aliphatic rings. The van der Waals surface area contributed by atoms with Crippen molar-refractivity contribution in [2.24, 2.45) is 0 Å². The van der Waals surface area contributed by atoms with Crippen LogP contribution >= 0.6 is 0 Å². The molecular weight excluding hydrogens is 416 g/mol. The molecule has 0 saturated carbocycles. The zero-order valence-electron chi connectivity index (χ0n) is 20.3. The van der Waals surface area contributed by atoms with Crippen molar-refractivity contribution in [3.8, 4) is 11.5 Å². The number of hydrogen-bond donors (Lipinski definition) is 0. The van der Waals surface area contributed by atoms with Crippen molar-refractivity contribution in [1.82, 2.24) is 0 Å². The van der Waals surface area contributed by atoms with Gasteiger partial charge < -0.3 is 9.47 Å². The van der Waals surface area contributed by atoms with Crippen LogP contribution in [0.5, 0.6) is 11.5 Å². The summed E-state index contributed by atoms with van der Waals surface area (Å²) in [7, 11) is 3.42. The summed E-state index contributed by atoms with van der Waals surface area (Å²) >= 11 is 0. The van der Waals surface area contributed by atoms with Crippen LogP contribution in [0.15, 0.2) is 97.1 Å². The molecule has 0 fully saturated rings. The van der Waals surface area contributed by atoms with Crippen LogP contribution in [-0.4, -0.2) is 14.2 Å². The summed E-state index contributed by atoms with van der Waals surface area (Å²) in [5, 5.41) is 0. The van der Waals surface area contributed by atoms with Gasteiger partial charge in [0.15, 0.2) is 0 Å². The number of methoxy groups -OCH3 is 2. The highest BCUT2D eigenvalue weighted by Gasteiger charge is 2.07. The molecule has 0 spiro atoms. The minimum absolute atomic E-state index is 0.912. The second kappa shape index (κ2) is 12.1. The maximum Gasteiger partial charge on any atom is 0.118 e. The molecule has 0 bridgehead atoms. The van der Waals surface area contributed by atoms with Gasteiger partial charge in [0.05, 0.1) is 14.2 Å². The van der Waals surface area contributed by atoms with Gasteiger partial charge in [-0.25, -0.2) is 0 Å². The summed E-state index contributed by atoms with van der Waals surface area (Å²) < 4.78 is 10.6. The van der Waals surface area contributed by atoms with E-state index in [-0.39, 0.29) is 0 Å². The van der Waals surface area contributed by atoms with Gasteiger partial charge in [-0.1, -0.05) is 72.8 Å². The molecule has 0 unspecified atom stereocenters. The Hall–Kier alpha value is -3.52. The summed E-state index contributed by atoms with van der Waals surface area (Å²) in [5.41, 5.74) is 8.52. The Morgan fingerprint density at radius 3 is 0.971 bits per heavy atom. The Morgan fingerprint density at radius 2 is 0.676 bits per heavy atom. The number of ether oxygens (including phenoxy) is 2. The van der Waals surface area contributed by atoms with Gasteiger partial charge in [0.1, 0.15) is 11.5 Å². The van der Waals surface area contributed by atoms with Gasteiger partial charge in [-0.2, -0.15) is 0 Å². The molecule has 0 amide bonds. The third-order valence-corrected chi connectivity index (χ3v) is 6.58. The molecule has 4 rings (SSSR count). The average molecular weight is 451 g/mol. The third kappa shape index (κ3) is 6.51. The van der Waals surface area contributed by atoms with Gasteiger partial charge in [0, 0.05) is 0 Å². The van der Waals surface area contributed by atoms with Crippen molar-refractivity contribution in [2.45, 2.75) is 38.5 Å². The van der Waals surface area contributed by atoms with E-state index in [1.54, 1.807) is 14.2 Å². The van der Waals surface area contributed by atoms with E-state index in [9.17, 15) is 0 Å². The monoisotopic (exact) mass is 450 g/mol. The number of rotatable bonds is 11. The van der Waals surface area contributed by atoms with Gasteiger partial charge in [0.2, 0.25) is 0 Å². The van der Waals surface area contributed by atoms with E-state index in [4.69, 9.17) is 9.47 Å². The van der Waals surface area contributed by atoms with Crippen LogP contribution in [0, 0.1) is 0 Å². The highest BCUT2D eigenvalue weighted by Crippen LogP contribution is 2.20. The number of aryl methyl sites for hydroxylation is 6. The Balaban J connectivity index is 1.37. The first-order valence-corrected chi connectivity index (χ1v) is 12.1. The first-order chi connectivity index (χ1) is 16.7. The zero-order chi connectivity index (χ0) is 23.6. The lowest BCUT2D eigenvalue weighted by atomic mass is 9.92. The summed E-state index contributed by atoms with van der Waals surface area (Å²) in [6.45, 7) is 0. The maximum absolute atomic E-state index is 5.28. The SMILES string of the molecule is COc1ccc(CCc2ccccc2CCc2ccccc2CCc2ccc(OC)cc2)cc1. The first-order valence-electron chi connectivity index (χ1n) is 12.1. The van der Waals surface area contributed by atoms with Gasteiger partial charge in [-0.3, -0.25) is 0 Å². The first kappa shape index (κ1) is 23.6. The highest BCUT2D eigenvalue weighted by molar-refractivity contribution is 5.34. The molecule has 2 heteroatoms. The third-order valence-electron chi connectivity index (χ3n) is 6.58. The molecule has 2 nitrogen and oxygen atoms in total. The van der Waals surface area contributed by atoms with E-state index < -0.39 is 0 Å². The minimum Gasteiger partial charge on any atom is -0.497 e. The molecule has 4 aromatic carbocycles. The van der Waals surface area contributed by atoms with Crippen molar-refractivity contribution in [3.05, 3.63) is 130 Å². The van der Waals surface area contributed by atoms with E-state index in [1.165, 1.54) is 33.4 Å². The molecule has 0 radical (unpaired) electrons. The van der Waals surface area contributed by atoms with Crippen LogP contribution in [0.4, 0.5) is 0 Å². The Bertz CT molecular complexity index is 1070. The summed E-state index contributed by atoms with van der Waals surface area (Å²) in [6, 6.07) is 34.7. The fourth-order valence-corrected chi connectivity index (χ4v) is 4.50. The highest BCUT2D eigenvalue weighted by atomic mass is 16.5. The molecule has 4 aromatic rings. The standard InChI is InChI=1S/C32H34O2/c1-33-31-21-13-25(14-22-31)11-17-27-7-3-5-9-29(27)19-20-30-10-6-4-8-28(30)18-12-26-15-23-32(34-2)24-16-26/h3-10,13-16,21-24H,11-12,17-20H2,1-2H3. The normalized spacial score (nSPS) is 10.8. The van der Waals surface area contributed by atoms with Gasteiger partial charge >= 0.3 is 0 Å². The van der Waals surface area contributed by atoms with Gasteiger partial charge in [-0.15, -0.1) is 0 Å². The van der Waals surface area contributed by atoms with Crippen LogP contribution in [0.2, 0.25) is 0 Å². The molecule has 34 heavy (non-hydrogen) atoms. The van der Waals surface area contributed by atoms with Crippen molar-refractivity contribution in [3.63, 3.8) is 0 Å². The van der Waals surface area contributed by atoms with E-state index >= 15 is 0 Å². The molecule has 0 saturated heterocycles. The summed E-state index contributed by atoms with van der Waals surface area (Å²) in [4.78, 5) is 0. The van der Waals surface area contributed by atoms with Crippen molar-refractivity contribution < 1.29 is 9.47 Å². The molecule has 0 atom stereocenters. The predicted octanol–water partition coefficient (Wildman–Crippen LogP) is 7.06. The maximum atomic E-state index is 5.28. The van der Waals surface area contributed by atoms with Crippen LogP contribution in [0.25, 0.3) is 0 Å². The lowest BCUT2D eigenvalue weighted by Crippen LogP contribution is -2.02. The lowest BCUT2D eigenvalue weighted by molar-refractivity contribution is 0.414.